The van der Waals surface area contributed by atoms with Crippen molar-refractivity contribution in [3.63, 3.8) is 0 Å². The molecular weight excluding hydrogens is 278 g/mol. The second-order valence-corrected chi connectivity index (χ2v) is 5.48. The summed E-state index contributed by atoms with van der Waals surface area (Å²) in [6, 6.07) is 0. The fourth-order valence-corrected chi connectivity index (χ4v) is 2.36. The van der Waals surface area contributed by atoms with Gasteiger partial charge in [-0.05, 0) is 19.4 Å². The van der Waals surface area contributed by atoms with Crippen LogP contribution in [0.15, 0.2) is 0 Å². The van der Waals surface area contributed by atoms with Crippen molar-refractivity contribution in [3.05, 3.63) is 0 Å². The lowest BCUT2D eigenvalue weighted by atomic mass is 9.99. The van der Waals surface area contributed by atoms with E-state index < -0.39 is 37.3 Å². The molecule has 1 heterocycles. The molecule has 0 aromatic heterocycles. The fraction of sp³-hybridized carbons (Fsp3) is 1.00. The van der Waals surface area contributed by atoms with Crippen molar-refractivity contribution >= 4 is 0 Å². The molecule has 0 spiro atoms. The van der Waals surface area contributed by atoms with Gasteiger partial charge in [0.1, 0.15) is 24.4 Å². The van der Waals surface area contributed by atoms with Crippen LogP contribution in [-0.4, -0.2) is 70.9 Å². The van der Waals surface area contributed by atoms with E-state index in [9.17, 15) is 15.3 Å². The van der Waals surface area contributed by atoms with E-state index in [1.165, 1.54) is 0 Å². The van der Waals surface area contributed by atoms with E-state index in [0.717, 1.165) is 45.1 Å². The molecule has 7 heteroatoms. The van der Waals surface area contributed by atoms with Crippen molar-refractivity contribution in [1.29, 1.82) is 0 Å². The molecule has 1 aliphatic rings. The molecule has 1 aliphatic heterocycles. The van der Waals surface area contributed by atoms with Crippen molar-refractivity contribution in [2.45, 2.75) is 69.2 Å². The van der Waals surface area contributed by atoms with Gasteiger partial charge in [0, 0.05) is 6.61 Å². The van der Waals surface area contributed by atoms with E-state index >= 15 is 0 Å². The Bertz CT molecular complexity index is 266. The maximum atomic E-state index is 9.77. The van der Waals surface area contributed by atoms with E-state index in [2.05, 4.69) is 0 Å². The Morgan fingerprint density at radius 2 is 1.48 bits per heavy atom. The Hall–Kier alpha value is -0.280. The molecule has 0 bridgehead atoms. The zero-order valence-electron chi connectivity index (χ0n) is 12.4. The molecule has 1 rings (SSSR count). The van der Waals surface area contributed by atoms with Crippen LogP contribution in [0, 0.1) is 0 Å². The van der Waals surface area contributed by atoms with Crippen LogP contribution in [0.5, 0.6) is 0 Å². The summed E-state index contributed by atoms with van der Waals surface area (Å²) in [5, 5.41) is 38.1. The quantitative estimate of drug-likeness (QED) is 0.331. The first-order valence-corrected chi connectivity index (χ1v) is 7.74. The van der Waals surface area contributed by atoms with Crippen molar-refractivity contribution in [1.82, 2.24) is 0 Å². The fourth-order valence-electron chi connectivity index (χ4n) is 2.36. The number of ether oxygens (including phenoxy) is 2. The highest BCUT2D eigenvalue weighted by Gasteiger charge is 2.43. The molecular formula is C14H29NO6. The van der Waals surface area contributed by atoms with E-state index in [1.807, 2.05) is 0 Å². The summed E-state index contributed by atoms with van der Waals surface area (Å²) in [5.74, 6) is 0. The van der Waals surface area contributed by atoms with Gasteiger partial charge in [-0.25, -0.2) is 0 Å². The van der Waals surface area contributed by atoms with Crippen molar-refractivity contribution in [2.24, 2.45) is 5.73 Å². The van der Waals surface area contributed by atoms with Crippen LogP contribution >= 0.6 is 0 Å². The summed E-state index contributed by atoms with van der Waals surface area (Å²) >= 11 is 0. The monoisotopic (exact) mass is 307 g/mol. The average molecular weight is 307 g/mol. The van der Waals surface area contributed by atoms with Crippen molar-refractivity contribution < 1.29 is 29.9 Å². The predicted octanol–water partition coefficient (Wildman–Crippen LogP) is -0.898. The Morgan fingerprint density at radius 3 is 2.10 bits per heavy atom. The molecule has 6 N–H and O–H groups in total. The number of hydrogen-bond donors (Lipinski definition) is 5. The van der Waals surface area contributed by atoms with Gasteiger partial charge in [0.15, 0.2) is 6.29 Å². The topological polar surface area (TPSA) is 125 Å². The van der Waals surface area contributed by atoms with Gasteiger partial charge in [-0.1, -0.05) is 25.7 Å². The highest BCUT2D eigenvalue weighted by atomic mass is 16.7. The molecule has 7 nitrogen and oxygen atoms in total. The zero-order chi connectivity index (χ0) is 15.7. The Labute approximate surface area is 125 Å². The molecule has 0 radical (unpaired) electrons. The van der Waals surface area contributed by atoms with Crippen LogP contribution < -0.4 is 5.73 Å². The normalized spacial score (nSPS) is 33.3. The van der Waals surface area contributed by atoms with Gasteiger partial charge in [-0.15, -0.1) is 0 Å². The molecule has 0 amide bonds. The first kappa shape index (κ1) is 18.8. The molecule has 1 unspecified atom stereocenters. The second kappa shape index (κ2) is 10.4. The van der Waals surface area contributed by atoms with Gasteiger partial charge in [-0.2, -0.15) is 0 Å². The Balaban J connectivity index is 2.16. The SMILES string of the molecule is NCCCCCCCCOC1O[C@H](CO)[C@@H](O)[C@H](O)[C@@H]1O. The number of aliphatic hydroxyl groups is 4. The summed E-state index contributed by atoms with van der Waals surface area (Å²) in [5.41, 5.74) is 5.42. The van der Waals surface area contributed by atoms with E-state index in [-0.39, 0.29) is 0 Å². The van der Waals surface area contributed by atoms with Crippen LogP contribution in [0.25, 0.3) is 0 Å². The third-order valence-corrected chi connectivity index (χ3v) is 3.73. The van der Waals surface area contributed by atoms with Gasteiger partial charge >= 0.3 is 0 Å². The van der Waals surface area contributed by atoms with Gasteiger partial charge in [0.25, 0.3) is 0 Å². The smallest absolute Gasteiger partial charge is 0.186 e. The largest absolute Gasteiger partial charge is 0.394 e. The summed E-state index contributed by atoms with van der Waals surface area (Å²) in [4.78, 5) is 0. The number of unbranched alkanes of at least 4 members (excludes halogenated alkanes) is 5. The van der Waals surface area contributed by atoms with Gasteiger partial charge in [0.05, 0.1) is 6.61 Å². The molecule has 0 aromatic carbocycles. The van der Waals surface area contributed by atoms with Crippen molar-refractivity contribution in [2.75, 3.05) is 19.8 Å². The molecule has 126 valence electrons. The first-order valence-electron chi connectivity index (χ1n) is 7.74. The van der Waals surface area contributed by atoms with Crippen LogP contribution in [0.2, 0.25) is 0 Å². The standard InChI is InChI=1S/C14H29NO6/c15-7-5-3-1-2-4-6-8-20-14-13(19)12(18)11(17)10(9-16)21-14/h10-14,16-19H,1-9,15H2/t10-,11-,12+,13+,14?/m1/s1. The molecule has 5 atom stereocenters. The van der Waals surface area contributed by atoms with Gasteiger partial charge < -0.3 is 35.6 Å². The van der Waals surface area contributed by atoms with E-state index in [1.54, 1.807) is 0 Å². The average Bonchev–Trinajstić information content (AvgIpc) is 2.49. The van der Waals surface area contributed by atoms with E-state index in [4.69, 9.17) is 20.3 Å². The highest BCUT2D eigenvalue weighted by molar-refractivity contribution is 4.88. The van der Waals surface area contributed by atoms with Crippen LogP contribution in [0.1, 0.15) is 38.5 Å². The van der Waals surface area contributed by atoms with E-state index in [0.29, 0.717) is 6.61 Å². The maximum absolute atomic E-state index is 9.77. The highest BCUT2D eigenvalue weighted by Crippen LogP contribution is 2.22. The Morgan fingerprint density at radius 1 is 0.857 bits per heavy atom. The summed E-state index contributed by atoms with van der Waals surface area (Å²) in [7, 11) is 0. The molecule has 0 aliphatic carbocycles. The molecule has 1 saturated heterocycles. The van der Waals surface area contributed by atoms with Gasteiger partial charge in [0.2, 0.25) is 0 Å². The predicted molar refractivity (Wildman–Crippen MR) is 76.5 cm³/mol. The molecule has 0 aromatic rings. The maximum Gasteiger partial charge on any atom is 0.186 e. The Kier molecular flexibility index (Phi) is 9.34. The minimum Gasteiger partial charge on any atom is -0.394 e. The number of nitrogens with two attached hydrogens (primary N) is 1. The van der Waals surface area contributed by atoms with Gasteiger partial charge in [-0.3, -0.25) is 0 Å². The number of rotatable bonds is 10. The lowest BCUT2D eigenvalue weighted by molar-refractivity contribution is -0.301. The molecule has 0 saturated carbocycles. The van der Waals surface area contributed by atoms with Crippen molar-refractivity contribution in [3.8, 4) is 0 Å². The second-order valence-electron chi connectivity index (χ2n) is 5.48. The molecule has 21 heavy (non-hydrogen) atoms. The number of hydrogen-bond acceptors (Lipinski definition) is 7. The van der Waals surface area contributed by atoms with Crippen LogP contribution in [0.3, 0.4) is 0 Å². The minimum absolute atomic E-state index is 0.402. The lowest BCUT2D eigenvalue weighted by Crippen LogP contribution is -2.59. The molecule has 1 fully saturated rings. The summed E-state index contributed by atoms with van der Waals surface area (Å²) < 4.78 is 10.6. The lowest BCUT2D eigenvalue weighted by Gasteiger charge is -2.39. The third kappa shape index (κ3) is 6.15. The summed E-state index contributed by atoms with van der Waals surface area (Å²) in [6.45, 7) is 0.700. The summed E-state index contributed by atoms with van der Waals surface area (Å²) in [6.07, 6.45) is 0.347. The first-order chi connectivity index (χ1) is 10.1. The number of aliphatic hydroxyl groups excluding tert-OH is 4. The zero-order valence-corrected chi connectivity index (χ0v) is 12.4. The van der Waals surface area contributed by atoms with Crippen LogP contribution in [-0.2, 0) is 9.47 Å². The minimum atomic E-state index is -1.38. The third-order valence-electron chi connectivity index (χ3n) is 3.73. The van der Waals surface area contributed by atoms with Crippen LogP contribution in [0.4, 0.5) is 0 Å².